The first-order valence-corrected chi connectivity index (χ1v) is 4.43. The van der Waals surface area contributed by atoms with Gasteiger partial charge in [-0.3, -0.25) is 4.90 Å². The summed E-state index contributed by atoms with van der Waals surface area (Å²) in [5.41, 5.74) is 0. The number of nitrogens with zero attached hydrogens (tertiary/aromatic N) is 1. The predicted octanol–water partition coefficient (Wildman–Crippen LogP) is 1.31. The molecule has 2 heteroatoms. The molecule has 2 nitrogen and oxygen atoms in total. The average molecular weight is 155 g/mol. The second kappa shape index (κ2) is 3.86. The lowest BCUT2D eigenvalue weighted by Crippen LogP contribution is -2.33. The van der Waals surface area contributed by atoms with Crippen molar-refractivity contribution >= 4 is 6.29 Å². The Balaban J connectivity index is 2.37. The van der Waals surface area contributed by atoms with Gasteiger partial charge in [-0.25, -0.2) is 0 Å². The lowest BCUT2D eigenvalue weighted by molar-refractivity contribution is -0.111. The lowest BCUT2D eigenvalue weighted by Gasteiger charge is -2.21. The maximum atomic E-state index is 10.6. The van der Waals surface area contributed by atoms with Crippen LogP contribution in [0.25, 0.3) is 0 Å². The summed E-state index contributed by atoms with van der Waals surface area (Å²) in [6.07, 6.45) is 3.35. The van der Waals surface area contributed by atoms with Crippen LogP contribution < -0.4 is 0 Å². The quantitative estimate of drug-likeness (QED) is 0.573. The Hall–Kier alpha value is -0.370. The molecule has 1 rings (SSSR count). The third-order valence-electron chi connectivity index (χ3n) is 2.17. The van der Waals surface area contributed by atoms with Gasteiger partial charge in [-0.15, -0.1) is 0 Å². The zero-order valence-corrected chi connectivity index (χ0v) is 7.42. The minimum atomic E-state index is 0.220. The Bertz CT molecular complexity index is 134. The van der Waals surface area contributed by atoms with Gasteiger partial charge in [0.25, 0.3) is 0 Å². The van der Waals surface area contributed by atoms with Crippen molar-refractivity contribution in [2.45, 2.75) is 32.7 Å². The molecule has 1 heterocycles. The molecule has 64 valence electrons. The summed E-state index contributed by atoms with van der Waals surface area (Å²) in [5, 5.41) is 0. The minimum absolute atomic E-state index is 0.220. The molecule has 0 saturated carbocycles. The molecule has 0 aromatic heterocycles. The van der Waals surface area contributed by atoms with Crippen LogP contribution in [0.5, 0.6) is 0 Å². The zero-order chi connectivity index (χ0) is 8.27. The molecule has 1 fully saturated rings. The summed E-state index contributed by atoms with van der Waals surface area (Å²) in [4.78, 5) is 12.8. The van der Waals surface area contributed by atoms with Gasteiger partial charge in [-0.1, -0.05) is 13.8 Å². The molecule has 11 heavy (non-hydrogen) atoms. The second-order valence-electron chi connectivity index (χ2n) is 3.73. The van der Waals surface area contributed by atoms with Crippen LogP contribution in [0.2, 0.25) is 0 Å². The van der Waals surface area contributed by atoms with E-state index in [1.807, 2.05) is 0 Å². The van der Waals surface area contributed by atoms with E-state index in [2.05, 4.69) is 18.7 Å². The summed E-state index contributed by atoms with van der Waals surface area (Å²) in [5.74, 6) is 0.676. The maximum Gasteiger partial charge on any atom is 0.137 e. The standard InChI is InChI=1S/C9H17NO/c1-8(2)6-10-5-3-4-9(10)7-11/h7-9H,3-6H2,1-2H3/t9-/m0/s1. The van der Waals surface area contributed by atoms with Gasteiger partial charge in [0.05, 0.1) is 6.04 Å². The molecule has 0 radical (unpaired) electrons. The summed E-state index contributed by atoms with van der Waals surface area (Å²) < 4.78 is 0. The normalized spacial score (nSPS) is 26.3. The van der Waals surface area contributed by atoms with E-state index in [0.717, 1.165) is 25.8 Å². The molecule has 1 saturated heterocycles. The number of rotatable bonds is 3. The van der Waals surface area contributed by atoms with Gasteiger partial charge in [0, 0.05) is 6.54 Å². The van der Waals surface area contributed by atoms with E-state index < -0.39 is 0 Å². The topological polar surface area (TPSA) is 20.3 Å². The van der Waals surface area contributed by atoms with E-state index >= 15 is 0 Å². The first-order valence-electron chi connectivity index (χ1n) is 4.43. The van der Waals surface area contributed by atoms with E-state index in [0.29, 0.717) is 5.92 Å². The summed E-state index contributed by atoms with van der Waals surface area (Å²) in [7, 11) is 0. The highest BCUT2D eigenvalue weighted by Gasteiger charge is 2.23. The van der Waals surface area contributed by atoms with Gasteiger partial charge < -0.3 is 4.79 Å². The van der Waals surface area contributed by atoms with Crippen LogP contribution in [0, 0.1) is 5.92 Å². The number of carbonyl (C=O) groups is 1. The van der Waals surface area contributed by atoms with Gasteiger partial charge in [0.15, 0.2) is 0 Å². The Morgan fingerprint density at radius 3 is 2.91 bits per heavy atom. The molecule has 0 unspecified atom stereocenters. The maximum absolute atomic E-state index is 10.6. The van der Waals surface area contributed by atoms with E-state index in [1.54, 1.807) is 0 Å². The molecule has 1 aliphatic heterocycles. The Labute approximate surface area is 68.6 Å². The summed E-state index contributed by atoms with van der Waals surface area (Å²) in [6.45, 7) is 6.57. The molecule has 0 aliphatic carbocycles. The fourth-order valence-corrected chi connectivity index (χ4v) is 1.70. The molecule has 0 aromatic rings. The average Bonchev–Trinajstić information content (AvgIpc) is 2.34. The van der Waals surface area contributed by atoms with Crippen molar-refractivity contribution in [2.24, 2.45) is 5.92 Å². The Kier molecular flexibility index (Phi) is 3.06. The van der Waals surface area contributed by atoms with Crippen molar-refractivity contribution in [3.8, 4) is 0 Å². The van der Waals surface area contributed by atoms with E-state index in [9.17, 15) is 4.79 Å². The Morgan fingerprint density at radius 1 is 1.64 bits per heavy atom. The minimum Gasteiger partial charge on any atom is -0.302 e. The number of aldehydes is 1. The number of carbonyl (C=O) groups excluding carboxylic acids is 1. The van der Waals surface area contributed by atoms with Gasteiger partial charge >= 0.3 is 0 Å². The highest BCUT2D eigenvalue weighted by Crippen LogP contribution is 2.16. The van der Waals surface area contributed by atoms with Crippen molar-refractivity contribution in [3.63, 3.8) is 0 Å². The molecular weight excluding hydrogens is 138 g/mol. The van der Waals surface area contributed by atoms with Crippen molar-refractivity contribution in [1.82, 2.24) is 4.90 Å². The van der Waals surface area contributed by atoms with E-state index in [1.165, 1.54) is 6.42 Å². The van der Waals surface area contributed by atoms with Crippen LogP contribution in [0.4, 0.5) is 0 Å². The fourth-order valence-electron chi connectivity index (χ4n) is 1.70. The summed E-state index contributed by atoms with van der Waals surface area (Å²) in [6, 6.07) is 0.220. The number of hydrogen-bond acceptors (Lipinski definition) is 2. The Morgan fingerprint density at radius 2 is 2.36 bits per heavy atom. The monoisotopic (exact) mass is 155 g/mol. The van der Waals surface area contributed by atoms with Crippen LogP contribution in [-0.2, 0) is 4.79 Å². The van der Waals surface area contributed by atoms with Crippen molar-refractivity contribution in [1.29, 1.82) is 0 Å². The highest BCUT2D eigenvalue weighted by atomic mass is 16.1. The molecule has 0 bridgehead atoms. The molecule has 0 aromatic carbocycles. The number of hydrogen-bond donors (Lipinski definition) is 0. The van der Waals surface area contributed by atoms with Crippen LogP contribution in [-0.4, -0.2) is 30.3 Å². The van der Waals surface area contributed by atoms with Crippen LogP contribution in [0.15, 0.2) is 0 Å². The third-order valence-corrected chi connectivity index (χ3v) is 2.17. The van der Waals surface area contributed by atoms with Crippen molar-refractivity contribution in [2.75, 3.05) is 13.1 Å². The van der Waals surface area contributed by atoms with Crippen molar-refractivity contribution in [3.05, 3.63) is 0 Å². The van der Waals surface area contributed by atoms with Gasteiger partial charge in [0.2, 0.25) is 0 Å². The van der Waals surface area contributed by atoms with Crippen molar-refractivity contribution < 1.29 is 4.79 Å². The van der Waals surface area contributed by atoms with Gasteiger partial charge in [-0.2, -0.15) is 0 Å². The van der Waals surface area contributed by atoms with Crippen LogP contribution >= 0.6 is 0 Å². The molecule has 0 spiro atoms. The third kappa shape index (κ3) is 2.29. The zero-order valence-electron chi connectivity index (χ0n) is 7.42. The lowest BCUT2D eigenvalue weighted by atomic mass is 10.2. The van der Waals surface area contributed by atoms with Gasteiger partial charge in [-0.05, 0) is 25.3 Å². The first-order chi connectivity index (χ1) is 5.24. The smallest absolute Gasteiger partial charge is 0.137 e. The SMILES string of the molecule is CC(C)CN1CCC[C@H]1C=O. The molecule has 1 atom stereocenters. The highest BCUT2D eigenvalue weighted by molar-refractivity contribution is 5.58. The van der Waals surface area contributed by atoms with Gasteiger partial charge in [0.1, 0.15) is 6.29 Å². The fraction of sp³-hybridized carbons (Fsp3) is 0.889. The molecule has 1 aliphatic rings. The molecule has 0 N–H and O–H groups in total. The van der Waals surface area contributed by atoms with Crippen LogP contribution in [0.1, 0.15) is 26.7 Å². The van der Waals surface area contributed by atoms with E-state index in [-0.39, 0.29) is 6.04 Å². The largest absolute Gasteiger partial charge is 0.302 e. The predicted molar refractivity (Wildman–Crippen MR) is 45.5 cm³/mol. The van der Waals surface area contributed by atoms with Crippen LogP contribution in [0.3, 0.4) is 0 Å². The molecule has 0 amide bonds. The number of likely N-dealkylation sites (tertiary alicyclic amines) is 1. The second-order valence-corrected chi connectivity index (χ2v) is 3.73. The molecular formula is C9H17NO. The van der Waals surface area contributed by atoms with E-state index in [4.69, 9.17) is 0 Å². The summed E-state index contributed by atoms with van der Waals surface area (Å²) >= 11 is 0. The first kappa shape index (κ1) is 8.72.